The number of amides is 2. The minimum absolute atomic E-state index is 0.0916. The fourth-order valence-electron chi connectivity index (χ4n) is 3.59. The van der Waals surface area contributed by atoms with Gasteiger partial charge in [0.2, 0.25) is 5.91 Å². The third-order valence-electron chi connectivity index (χ3n) is 5.26. The summed E-state index contributed by atoms with van der Waals surface area (Å²) < 4.78 is 0. The van der Waals surface area contributed by atoms with Crippen LogP contribution >= 0.6 is 0 Å². The maximum atomic E-state index is 12.8. The van der Waals surface area contributed by atoms with Crippen LogP contribution in [0.2, 0.25) is 0 Å². The molecule has 5 nitrogen and oxygen atoms in total. The number of carbonyl (C=O) groups excluding carboxylic acids is 2. The Labute approximate surface area is 166 Å². The average molecular weight is 377 g/mol. The largest absolute Gasteiger partial charge is 0.372 e. The standard InChI is InChI=1S/C23H27N3O2/c1-5-22(27)26-14-18-9-8-17(13-19(18)15-26)23(28)24-21-11-10-20(12-16(21)4)25(6-2)7-3/h5,8-13H,1,6-7,14-15H2,2-4H3,(H,24,28). The van der Waals surface area contributed by atoms with Gasteiger partial charge < -0.3 is 15.1 Å². The van der Waals surface area contributed by atoms with Crippen molar-refractivity contribution in [2.24, 2.45) is 0 Å². The van der Waals surface area contributed by atoms with Gasteiger partial charge in [-0.25, -0.2) is 0 Å². The zero-order chi connectivity index (χ0) is 20.3. The van der Waals surface area contributed by atoms with Crippen molar-refractivity contribution < 1.29 is 9.59 Å². The van der Waals surface area contributed by atoms with Gasteiger partial charge in [-0.3, -0.25) is 9.59 Å². The molecule has 0 fully saturated rings. The second-order valence-electron chi connectivity index (χ2n) is 7.01. The van der Waals surface area contributed by atoms with Gasteiger partial charge in [0, 0.05) is 43.1 Å². The number of aryl methyl sites for hydroxylation is 1. The highest BCUT2D eigenvalue weighted by atomic mass is 16.2. The zero-order valence-electron chi connectivity index (χ0n) is 16.8. The van der Waals surface area contributed by atoms with E-state index in [1.807, 2.05) is 37.3 Å². The van der Waals surface area contributed by atoms with E-state index in [0.29, 0.717) is 18.7 Å². The molecule has 0 saturated carbocycles. The van der Waals surface area contributed by atoms with Gasteiger partial charge in [-0.15, -0.1) is 0 Å². The maximum absolute atomic E-state index is 12.8. The number of fused-ring (bicyclic) bond motifs is 1. The van der Waals surface area contributed by atoms with Crippen molar-refractivity contribution >= 4 is 23.2 Å². The molecule has 2 amide bonds. The van der Waals surface area contributed by atoms with Crippen molar-refractivity contribution in [1.82, 2.24) is 4.90 Å². The fraction of sp³-hybridized carbons (Fsp3) is 0.304. The second kappa shape index (κ2) is 8.30. The predicted molar refractivity (Wildman–Crippen MR) is 114 cm³/mol. The third kappa shape index (κ3) is 3.93. The van der Waals surface area contributed by atoms with Crippen LogP contribution in [-0.4, -0.2) is 29.8 Å². The Morgan fingerprint density at radius 1 is 1.11 bits per heavy atom. The van der Waals surface area contributed by atoms with E-state index in [1.165, 1.54) is 6.08 Å². The van der Waals surface area contributed by atoms with Crippen molar-refractivity contribution in [1.29, 1.82) is 0 Å². The molecule has 3 rings (SSSR count). The van der Waals surface area contributed by atoms with E-state index in [0.717, 1.165) is 41.2 Å². The van der Waals surface area contributed by atoms with Gasteiger partial charge in [0.1, 0.15) is 0 Å². The third-order valence-corrected chi connectivity index (χ3v) is 5.26. The first-order chi connectivity index (χ1) is 13.5. The Hall–Kier alpha value is -3.08. The monoisotopic (exact) mass is 377 g/mol. The van der Waals surface area contributed by atoms with Crippen LogP contribution in [0.5, 0.6) is 0 Å². The summed E-state index contributed by atoms with van der Waals surface area (Å²) in [5.74, 6) is -0.235. The van der Waals surface area contributed by atoms with E-state index in [9.17, 15) is 9.59 Å². The molecule has 0 unspecified atom stereocenters. The number of anilines is 2. The summed E-state index contributed by atoms with van der Waals surface area (Å²) in [5, 5.41) is 3.01. The highest BCUT2D eigenvalue weighted by molar-refractivity contribution is 6.05. The molecule has 1 heterocycles. The first kappa shape index (κ1) is 19.7. The summed E-state index contributed by atoms with van der Waals surface area (Å²) in [7, 11) is 0. The minimum atomic E-state index is -0.144. The Morgan fingerprint density at radius 2 is 1.82 bits per heavy atom. The lowest BCUT2D eigenvalue weighted by Crippen LogP contribution is -2.22. The average Bonchev–Trinajstić information content (AvgIpc) is 3.13. The van der Waals surface area contributed by atoms with Crippen LogP contribution in [0.25, 0.3) is 0 Å². The van der Waals surface area contributed by atoms with Crippen molar-refractivity contribution in [3.63, 3.8) is 0 Å². The van der Waals surface area contributed by atoms with Crippen LogP contribution < -0.4 is 10.2 Å². The first-order valence-electron chi connectivity index (χ1n) is 9.66. The van der Waals surface area contributed by atoms with Gasteiger partial charge >= 0.3 is 0 Å². The molecule has 1 N–H and O–H groups in total. The molecule has 0 bridgehead atoms. The van der Waals surface area contributed by atoms with E-state index in [4.69, 9.17) is 0 Å². The van der Waals surface area contributed by atoms with Crippen molar-refractivity contribution in [3.8, 4) is 0 Å². The highest BCUT2D eigenvalue weighted by Crippen LogP contribution is 2.26. The van der Waals surface area contributed by atoms with Crippen molar-refractivity contribution in [3.05, 3.63) is 71.3 Å². The van der Waals surface area contributed by atoms with E-state index < -0.39 is 0 Å². The Bertz CT molecular complexity index is 916. The Balaban J connectivity index is 1.74. The van der Waals surface area contributed by atoms with Crippen LogP contribution in [0, 0.1) is 6.92 Å². The van der Waals surface area contributed by atoms with Gasteiger partial charge in [0.15, 0.2) is 0 Å². The summed E-state index contributed by atoms with van der Waals surface area (Å²) >= 11 is 0. The summed E-state index contributed by atoms with van der Waals surface area (Å²) in [6.07, 6.45) is 1.32. The molecular formula is C23H27N3O2. The molecule has 146 valence electrons. The molecular weight excluding hydrogens is 350 g/mol. The minimum Gasteiger partial charge on any atom is -0.372 e. The number of hydrogen-bond acceptors (Lipinski definition) is 3. The van der Waals surface area contributed by atoms with E-state index in [2.05, 4.69) is 36.7 Å². The molecule has 0 aliphatic carbocycles. The molecule has 1 aliphatic heterocycles. The van der Waals surface area contributed by atoms with Crippen molar-refractivity contribution in [2.45, 2.75) is 33.9 Å². The van der Waals surface area contributed by atoms with Gasteiger partial charge in [-0.05, 0) is 73.9 Å². The molecule has 28 heavy (non-hydrogen) atoms. The second-order valence-corrected chi connectivity index (χ2v) is 7.01. The SMILES string of the molecule is C=CC(=O)N1Cc2ccc(C(=O)Nc3ccc(N(CC)CC)cc3C)cc2C1. The molecule has 0 spiro atoms. The molecule has 2 aromatic rings. The van der Waals surface area contributed by atoms with E-state index in [-0.39, 0.29) is 11.8 Å². The first-order valence-corrected chi connectivity index (χ1v) is 9.66. The maximum Gasteiger partial charge on any atom is 0.255 e. The quantitative estimate of drug-likeness (QED) is 0.771. The van der Waals surface area contributed by atoms with Crippen LogP contribution in [-0.2, 0) is 17.9 Å². The lowest BCUT2D eigenvalue weighted by Gasteiger charge is -2.22. The normalized spacial score (nSPS) is 12.5. The van der Waals surface area contributed by atoms with Crippen LogP contribution in [0.15, 0.2) is 49.1 Å². The molecule has 0 radical (unpaired) electrons. The number of benzene rings is 2. The number of nitrogens with zero attached hydrogens (tertiary/aromatic N) is 2. The summed E-state index contributed by atoms with van der Waals surface area (Å²) in [4.78, 5) is 28.6. The lowest BCUT2D eigenvalue weighted by molar-refractivity contribution is -0.126. The zero-order valence-corrected chi connectivity index (χ0v) is 16.8. The van der Waals surface area contributed by atoms with Gasteiger partial charge in [0.05, 0.1) is 0 Å². The molecule has 0 atom stereocenters. The van der Waals surface area contributed by atoms with E-state index >= 15 is 0 Å². The predicted octanol–water partition coefficient (Wildman–Crippen LogP) is 4.12. The number of carbonyl (C=O) groups is 2. The highest BCUT2D eigenvalue weighted by Gasteiger charge is 2.22. The summed E-state index contributed by atoms with van der Waals surface area (Å²) in [6, 6.07) is 11.7. The Kier molecular flexibility index (Phi) is 5.83. The molecule has 2 aromatic carbocycles. The topological polar surface area (TPSA) is 52.7 Å². The smallest absolute Gasteiger partial charge is 0.255 e. The molecule has 0 saturated heterocycles. The molecule has 5 heteroatoms. The fourth-order valence-corrected chi connectivity index (χ4v) is 3.59. The number of rotatable bonds is 6. The van der Waals surface area contributed by atoms with Gasteiger partial charge in [0.25, 0.3) is 5.91 Å². The number of nitrogens with one attached hydrogen (secondary N) is 1. The number of hydrogen-bond donors (Lipinski definition) is 1. The molecule has 0 aromatic heterocycles. The van der Waals surface area contributed by atoms with E-state index in [1.54, 1.807) is 4.90 Å². The summed E-state index contributed by atoms with van der Waals surface area (Å²) in [5.41, 5.74) is 5.68. The van der Waals surface area contributed by atoms with Crippen molar-refractivity contribution in [2.75, 3.05) is 23.3 Å². The molecule has 1 aliphatic rings. The van der Waals surface area contributed by atoms with Gasteiger partial charge in [-0.2, -0.15) is 0 Å². The summed E-state index contributed by atoms with van der Waals surface area (Å²) in [6.45, 7) is 12.8. The van der Waals surface area contributed by atoms with Gasteiger partial charge in [-0.1, -0.05) is 12.6 Å². The lowest BCUT2D eigenvalue weighted by atomic mass is 10.1. The Morgan fingerprint density at radius 3 is 2.46 bits per heavy atom. The van der Waals surface area contributed by atoms with Crippen LogP contribution in [0.1, 0.15) is 40.9 Å². The van der Waals surface area contributed by atoms with Crippen LogP contribution in [0.4, 0.5) is 11.4 Å². The van der Waals surface area contributed by atoms with Crippen LogP contribution in [0.3, 0.4) is 0 Å².